The Morgan fingerprint density at radius 3 is 2.39 bits per heavy atom. The molecule has 0 saturated heterocycles. The molecule has 0 aliphatic carbocycles. The third-order valence-corrected chi connectivity index (χ3v) is 9.34. The first-order valence-corrected chi connectivity index (χ1v) is 15.6. The quantitative estimate of drug-likeness (QED) is 0.206. The van der Waals surface area contributed by atoms with E-state index in [1.165, 1.54) is 24.7 Å². The van der Waals surface area contributed by atoms with E-state index in [1.807, 2.05) is 43.3 Å². The number of hydrogen-bond donors (Lipinski definition) is 3. The van der Waals surface area contributed by atoms with E-state index in [1.54, 1.807) is 6.07 Å². The molecule has 1 atom stereocenters. The van der Waals surface area contributed by atoms with Crippen molar-refractivity contribution < 1.29 is 23.4 Å². The zero-order chi connectivity index (χ0) is 30.2. The second-order valence-corrected chi connectivity index (χ2v) is 13.7. The summed E-state index contributed by atoms with van der Waals surface area (Å²) in [5, 5.41) is 23.4. The number of hydrogen-bond acceptors (Lipinski definition) is 5. The molecule has 41 heavy (non-hydrogen) atoms. The summed E-state index contributed by atoms with van der Waals surface area (Å²) in [6.45, 7) is 6.26. The van der Waals surface area contributed by atoms with Gasteiger partial charge in [0.15, 0.2) is 0 Å². The Morgan fingerprint density at radius 1 is 1.02 bits per heavy atom. The fraction of sp³-hybridized carbons (Fsp3) is 0.406. The van der Waals surface area contributed by atoms with Crippen LogP contribution in [0.5, 0.6) is 0 Å². The number of carbonyl (C=O) groups is 1. The monoisotopic (exact) mass is 600 g/mol. The maximum atomic E-state index is 13.3. The topological polar surface area (TPSA) is 107 Å². The number of carboxylic acid groups (broad SMARTS) is 1. The minimum Gasteiger partial charge on any atom is -0.481 e. The van der Waals surface area contributed by atoms with Crippen molar-refractivity contribution in [2.24, 2.45) is 0 Å². The Bertz CT molecular complexity index is 1430. The van der Waals surface area contributed by atoms with Crippen LogP contribution in [0.2, 0.25) is 5.02 Å². The molecule has 0 aromatic heterocycles. The lowest BCUT2D eigenvalue weighted by atomic mass is 9.95. The Labute approximate surface area is 249 Å². The van der Waals surface area contributed by atoms with Gasteiger partial charge in [0.2, 0.25) is 10.0 Å². The summed E-state index contributed by atoms with van der Waals surface area (Å²) in [6.07, 6.45) is 2.29. The Balaban J connectivity index is 1.62. The molecule has 0 bridgehead atoms. The van der Waals surface area contributed by atoms with Crippen LogP contribution in [0, 0.1) is 6.92 Å². The second-order valence-electron chi connectivity index (χ2n) is 11.2. The number of benzene rings is 3. The van der Waals surface area contributed by atoms with Gasteiger partial charge in [0, 0.05) is 42.7 Å². The number of rotatable bonds is 15. The summed E-state index contributed by atoms with van der Waals surface area (Å²) in [5.74, 6) is -0.892. The van der Waals surface area contributed by atoms with Crippen molar-refractivity contribution in [3.8, 4) is 11.1 Å². The molecule has 3 aromatic rings. The van der Waals surface area contributed by atoms with Crippen LogP contribution < -0.4 is 5.32 Å². The minimum absolute atomic E-state index is 0.0208. The van der Waals surface area contributed by atoms with Gasteiger partial charge in [-0.25, -0.2) is 8.42 Å². The number of aliphatic carboxylic acids is 1. The van der Waals surface area contributed by atoms with Gasteiger partial charge in [-0.2, -0.15) is 4.31 Å². The molecule has 0 radical (unpaired) electrons. The number of aliphatic hydroxyl groups excluding tert-OH is 1. The van der Waals surface area contributed by atoms with E-state index < -0.39 is 22.1 Å². The second kappa shape index (κ2) is 14.4. The summed E-state index contributed by atoms with van der Waals surface area (Å²) in [5.41, 5.74) is 4.30. The maximum absolute atomic E-state index is 13.3. The summed E-state index contributed by atoms with van der Waals surface area (Å²) in [6, 6.07) is 20.6. The normalized spacial score (nSPS) is 13.0. The van der Waals surface area contributed by atoms with E-state index in [9.17, 15) is 18.3 Å². The molecule has 0 spiro atoms. The third kappa shape index (κ3) is 9.65. The zero-order valence-electron chi connectivity index (χ0n) is 24.2. The summed E-state index contributed by atoms with van der Waals surface area (Å²) in [4.78, 5) is 11.1. The highest BCUT2D eigenvalue weighted by molar-refractivity contribution is 7.89. The molecular weight excluding hydrogens is 560 g/mol. The van der Waals surface area contributed by atoms with Gasteiger partial charge in [-0.3, -0.25) is 4.79 Å². The van der Waals surface area contributed by atoms with Gasteiger partial charge in [0.1, 0.15) is 0 Å². The van der Waals surface area contributed by atoms with Crippen LogP contribution in [0.15, 0.2) is 71.6 Å². The van der Waals surface area contributed by atoms with Gasteiger partial charge in [-0.05, 0) is 75.3 Å². The van der Waals surface area contributed by atoms with Crippen LogP contribution in [-0.2, 0) is 27.7 Å². The number of halogens is 1. The number of β-amino-alcohol motifs (C(OH)–C–C–N with tert-alkyl or cyclic N) is 1. The lowest BCUT2D eigenvalue weighted by Crippen LogP contribution is -2.46. The van der Waals surface area contributed by atoms with Crippen LogP contribution in [0.1, 0.15) is 49.8 Å². The molecule has 9 heteroatoms. The van der Waals surface area contributed by atoms with E-state index in [2.05, 4.69) is 31.3 Å². The van der Waals surface area contributed by atoms with Crippen LogP contribution in [0.3, 0.4) is 0 Å². The summed E-state index contributed by atoms with van der Waals surface area (Å²) < 4.78 is 27.8. The molecule has 222 valence electrons. The van der Waals surface area contributed by atoms with E-state index in [0.717, 1.165) is 40.3 Å². The summed E-state index contributed by atoms with van der Waals surface area (Å²) >= 11 is 6.59. The minimum atomic E-state index is -3.91. The maximum Gasteiger partial charge on any atom is 0.303 e. The van der Waals surface area contributed by atoms with Crippen molar-refractivity contribution in [3.63, 3.8) is 0 Å². The highest BCUT2D eigenvalue weighted by Gasteiger charge is 2.26. The van der Waals surface area contributed by atoms with Crippen molar-refractivity contribution >= 4 is 27.6 Å². The van der Waals surface area contributed by atoms with Crippen molar-refractivity contribution in [1.82, 2.24) is 9.62 Å². The molecule has 0 amide bonds. The van der Waals surface area contributed by atoms with Crippen LogP contribution in [0.25, 0.3) is 11.1 Å². The molecular formula is C32H41ClN2O5S. The van der Waals surface area contributed by atoms with E-state index in [-0.39, 0.29) is 35.0 Å². The number of nitrogens with zero attached hydrogens (tertiary/aromatic N) is 1. The number of sulfonamides is 1. The molecule has 1 unspecified atom stereocenters. The zero-order valence-corrected chi connectivity index (χ0v) is 25.8. The van der Waals surface area contributed by atoms with Gasteiger partial charge >= 0.3 is 5.97 Å². The SMILES string of the molecule is Cc1ccc(CCC(=O)O)c(-c2ccc(S(=O)(=O)N(C)CC(O)CNC(C)(C)CCCc3ccccc3)cc2Cl)c1. The number of aliphatic hydroxyl groups is 1. The standard InChI is InChI=1S/C32H41ClN2O5S/c1-23-12-13-25(14-17-31(37)38)29(19-23)28-16-15-27(20-30(28)33)41(39,40)35(4)22-26(36)21-34-32(2,3)18-8-11-24-9-6-5-7-10-24/h5-7,9-10,12-13,15-16,19-20,26,34,36H,8,11,14,17-18,21-22H2,1-4H3,(H,37,38). The lowest BCUT2D eigenvalue weighted by molar-refractivity contribution is -0.136. The van der Waals surface area contributed by atoms with Crippen LogP contribution >= 0.6 is 11.6 Å². The van der Waals surface area contributed by atoms with Gasteiger partial charge in [0.25, 0.3) is 0 Å². The predicted octanol–water partition coefficient (Wildman–Crippen LogP) is 5.71. The molecule has 0 heterocycles. The fourth-order valence-corrected chi connectivity index (χ4v) is 6.36. The lowest BCUT2D eigenvalue weighted by Gasteiger charge is -2.29. The first-order chi connectivity index (χ1) is 19.3. The largest absolute Gasteiger partial charge is 0.481 e. The van der Waals surface area contributed by atoms with E-state index >= 15 is 0 Å². The average molecular weight is 601 g/mol. The average Bonchev–Trinajstić information content (AvgIpc) is 2.91. The third-order valence-electron chi connectivity index (χ3n) is 7.21. The fourth-order valence-electron chi connectivity index (χ4n) is 4.78. The Morgan fingerprint density at radius 2 is 1.73 bits per heavy atom. The molecule has 3 aromatic carbocycles. The molecule has 3 N–H and O–H groups in total. The molecule has 3 rings (SSSR count). The van der Waals surface area contributed by atoms with Crippen LogP contribution in [-0.4, -0.2) is 60.7 Å². The molecule has 0 saturated carbocycles. The van der Waals surface area contributed by atoms with Crippen molar-refractivity contribution in [1.29, 1.82) is 0 Å². The van der Waals surface area contributed by atoms with Crippen LogP contribution in [0.4, 0.5) is 0 Å². The van der Waals surface area contributed by atoms with Gasteiger partial charge in [-0.1, -0.05) is 71.8 Å². The van der Waals surface area contributed by atoms with Crippen molar-refractivity contribution in [2.75, 3.05) is 20.1 Å². The Kier molecular flexibility index (Phi) is 11.5. The number of aryl methyl sites for hydroxylation is 3. The van der Waals surface area contributed by atoms with Crippen molar-refractivity contribution in [3.05, 3.63) is 88.4 Å². The van der Waals surface area contributed by atoms with E-state index in [4.69, 9.17) is 16.7 Å². The van der Waals surface area contributed by atoms with E-state index in [0.29, 0.717) is 12.0 Å². The highest BCUT2D eigenvalue weighted by atomic mass is 35.5. The van der Waals surface area contributed by atoms with Gasteiger partial charge in [0.05, 0.1) is 11.0 Å². The Hall–Kier alpha value is -2.75. The first kappa shape index (κ1) is 32.8. The number of likely N-dealkylation sites (N-methyl/N-ethyl adjacent to an activating group) is 1. The summed E-state index contributed by atoms with van der Waals surface area (Å²) in [7, 11) is -2.47. The molecule has 0 aliphatic heterocycles. The smallest absolute Gasteiger partial charge is 0.303 e. The first-order valence-electron chi connectivity index (χ1n) is 13.8. The number of carboxylic acids is 1. The molecule has 7 nitrogen and oxygen atoms in total. The van der Waals surface area contributed by atoms with Gasteiger partial charge in [-0.15, -0.1) is 0 Å². The van der Waals surface area contributed by atoms with Crippen molar-refractivity contribution in [2.45, 2.75) is 69.4 Å². The molecule has 0 aliphatic rings. The number of nitrogens with one attached hydrogen (secondary N) is 1. The highest BCUT2D eigenvalue weighted by Crippen LogP contribution is 2.34. The van der Waals surface area contributed by atoms with Gasteiger partial charge < -0.3 is 15.5 Å². The molecule has 0 fully saturated rings. The predicted molar refractivity (Wildman–Crippen MR) is 165 cm³/mol.